The molecule has 1 rings (SSSR count). The van der Waals surface area contributed by atoms with E-state index in [9.17, 15) is 4.39 Å². The molecule has 0 atom stereocenters. The average molecular weight is 366 g/mol. The standard InChI is InChI=1S/C13H20FIN2O/c1-9(2)8-18-5-3-4-17-13-6-10(14)11(15)7-12(13)16/h6-7,9,17H,3-5,8,16H2,1-2H3. The van der Waals surface area contributed by atoms with Crippen molar-refractivity contribution in [2.45, 2.75) is 20.3 Å². The first kappa shape index (κ1) is 15.5. The summed E-state index contributed by atoms with van der Waals surface area (Å²) in [5.41, 5.74) is 7.03. The van der Waals surface area contributed by atoms with Gasteiger partial charge in [-0.25, -0.2) is 4.39 Å². The molecule has 102 valence electrons. The summed E-state index contributed by atoms with van der Waals surface area (Å²) in [5, 5.41) is 3.12. The largest absolute Gasteiger partial charge is 0.397 e. The molecule has 0 aliphatic rings. The summed E-state index contributed by atoms with van der Waals surface area (Å²) in [6, 6.07) is 3.07. The molecule has 0 fully saturated rings. The van der Waals surface area contributed by atoms with Gasteiger partial charge < -0.3 is 15.8 Å². The number of anilines is 2. The van der Waals surface area contributed by atoms with E-state index in [0.29, 0.717) is 27.5 Å². The zero-order valence-corrected chi connectivity index (χ0v) is 13.0. The second-order valence-corrected chi connectivity index (χ2v) is 5.76. The lowest BCUT2D eigenvalue weighted by molar-refractivity contribution is 0.110. The first-order valence-electron chi connectivity index (χ1n) is 6.07. The average Bonchev–Trinajstić information content (AvgIpc) is 2.29. The summed E-state index contributed by atoms with van der Waals surface area (Å²) in [5.74, 6) is 0.308. The molecule has 0 aromatic heterocycles. The molecule has 1 aromatic carbocycles. The molecular formula is C13H20FIN2O. The Morgan fingerprint density at radius 1 is 1.44 bits per heavy atom. The van der Waals surface area contributed by atoms with Crippen LogP contribution in [0.5, 0.6) is 0 Å². The Morgan fingerprint density at radius 2 is 2.17 bits per heavy atom. The van der Waals surface area contributed by atoms with Crippen LogP contribution in [-0.4, -0.2) is 19.8 Å². The van der Waals surface area contributed by atoms with Crippen molar-refractivity contribution in [3.05, 3.63) is 21.5 Å². The molecule has 0 saturated heterocycles. The summed E-state index contributed by atoms with van der Waals surface area (Å²) in [6.45, 7) is 6.45. The van der Waals surface area contributed by atoms with Crippen molar-refractivity contribution < 1.29 is 9.13 Å². The minimum atomic E-state index is -0.247. The van der Waals surface area contributed by atoms with Crippen LogP contribution in [0.25, 0.3) is 0 Å². The van der Waals surface area contributed by atoms with Crippen molar-refractivity contribution >= 4 is 34.0 Å². The van der Waals surface area contributed by atoms with Gasteiger partial charge in [0.25, 0.3) is 0 Å². The van der Waals surface area contributed by atoms with Gasteiger partial charge in [0.05, 0.1) is 14.9 Å². The van der Waals surface area contributed by atoms with Crippen LogP contribution in [0.3, 0.4) is 0 Å². The fraction of sp³-hybridized carbons (Fsp3) is 0.538. The van der Waals surface area contributed by atoms with E-state index in [2.05, 4.69) is 19.2 Å². The first-order chi connectivity index (χ1) is 8.50. The SMILES string of the molecule is CC(C)COCCCNc1cc(F)c(I)cc1N. The molecule has 1 aromatic rings. The third-order valence-corrected chi connectivity index (χ3v) is 3.15. The maximum atomic E-state index is 13.4. The molecule has 0 amide bonds. The Kier molecular flexibility index (Phi) is 6.70. The van der Waals surface area contributed by atoms with Gasteiger partial charge in [0.2, 0.25) is 0 Å². The molecule has 3 N–H and O–H groups in total. The smallest absolute Gasteiger partial charge is 0.138 e. The summed E-state index contributed by atoms with van der Waals surface area (Å²) >= 11 is 1.93. The van der Waals surface area contributed by atoms with Crippen LogP contribution in [0.4, 0.5) is 15.8 Å². The molecule has 5 heteroatoms. The van der Waals surface area contributed by atoms with Crippen LogP contribution in [0.2, 0.25) is 0 Å². The van der Waals surface area contributed by atoms with Crippen LogP contribution in [0.1, 0.15) is 20.3 Å². The van der Waals surface area contributed by atoms with E-state index in [-0.39, 0.29) is 5.82 Å². The van der Waals surface area contributed by atoms with Gasteiger partial charge in [-0.15, -0.1) is 0 Å². The Balaban J connectivity index is 2.29. The molecule has 0 aliphatic carbocycles. The lowest BCUT2D eigenvalue weighted by atomic mass is 10.2. The van der Waals surface area contributed by atoms with Crippen molar-refractivity contribution in [2.24, 2.45) is 5.92 Å². The van der Waals surface area contributed by atoms with Crippen LogP contribution in [-0.2, 0) is 4.74 Å². The molecular weight excluding hydrogens is 346 g/mol. The molecule has 0 spiro atoms. The molecule has 0 bridgehead atoms. The third kappa shape index (κ3) is 5.39. The first-order valence-corrected chi connectivity index (χ1v) is 7.14. The highest BCUT2D eigenvalue weighted by atomic mass is 127. The Hall–Kier alpha value is -0.560. The number of nitrogens with two attached hydrogens (primary N) is 1. The number of rotatable bonds is 7. The predicted octanol–water partition coefficient (Wildman–Crippen LogP) is 3.49. The summed E-state index contributed by atoms with van der Waals surface area (Å²) in [7, 11) is 0. The van der Waals surface area contributed by atoms with Crippen molar-refractivity contribution in [2.75, 3.05) is 30.8 Å². The van der Waals surface area contributed by atoms with Gasteiger partial charge in [0, 0.05) is 25.8 Å². The topological polar surface area (TPSA) is 47.3 Å². The fourth-order valence-electron chi connectivity index (χ4n) is 1.43. The minimum Gasteiger partial charge on any atom is -0.397 e. The summed E-state index contributed by atoms with van der Waals surface area (Å²) in [6.07, 6.45) is 0.875. The van der Waals surface area contributed by atoms with Crippen molar-refractivity contribution in [3.8, 4) is 0 Å². The third-order valence-electron chi connectivity index (χ3n) is 2.32. The molecule has 0 unspecified atom stereocenters. The number of hydrogen-bond donors (Lipinski definition) is 2. The van der Waals surface area contributed by atoms with Crippen LogP contribution >= 0.6 is 22.6 Å². The van der Waals surface area contributed by atoms with Gasteiger partial charge >= 0.3 is 0 Å². The number of hydrogen-bond acceptors (Lipinski definition) is 3. The second kappa shape index (κ2) is 7.78. The number of nitrogen functional groups attached to an aromatic ring is 1. The van der Waals surface area contributed by atoms with Crippen LogP contribution < -0.4 is 11.1 Å². The maximum absolute atomic E-state index is 13.4. The molecule has 0 aliphatic heterocycles. The van der Waals surface area contributed by atoms with E-state index in [1.54, 1.807) is 6.07 Å². The number of benzene rings is 1. The zero-order chi connectivity index (χ0) is 13.5. The number of ether oxygens (including phenoxy) is 1. The van der Waals surface area contributed by atoms with Crippen molar-refractivity contribution in [1.29, 1.82) is 0 Å². The zero-order valence-electron chi connectivity index (χ0n) is 10.8. The molecule has 0 radical (unpaired) electrons. The van der Waals surface area contributed by atoms with Crippen molar-refractivity contribution in [1.82, 2.24) is 0 Å². The van der Waals surface area contributed by atoms with E-state index >= 15 is 0 Å². The van der Waals surface area contributed by atoms with Gasteiger partial charge in [0.1, 0.15) is 5.82 Å². The highest BCUT2D eigenvalue weighted by molar-refractivity contribution is 14.1. The maximum Gasteiger partial charge on any atom is 0.138 e. The van der Waals surface area contributed by atoms with Gasteiger partial charge in [0.15, 0.2) is 0 Å². The van der Waals surface area contributed by atoms with Crippen LogP contribution in [0, 0.1) is 15.3 Å². The Morgan fingerprint density at radius 3 is 2.83 bits per heavy atom. The highest BCUT2D eigenvalue weighted by Gasteiger charge is 2.05. The quantitative estimate of drug-likeness (QED) is 0.441. The fourth-order valence-corrected chi connectivity index (χ4v) is 1.92. The molecule has 0 saturated carbocycles. The normalized spacial score (nSPS) is 10.9. The Labute approximate surface area is 121 Å². The second-order valence-electron chi connectivity index (χ2n) is 4.60. The molecule has 18 heavy (non-hydrogen) atoms. The molecule has 3 nitrogen and oxygen atoms in total. The van der Waals surface area contributed by atoms with E-state index in [1.165, 1.54) is 6.07 Å². The van der Waals surface area contributed by atoms with Crippen LogP contribution in [0.15, 0.2) is 12.1 Å². The van der Waals surface area contributed by atoms with Gasteiger partial charge in [-0.05, 0) is 41.0 Å². The van der Waals surface area contributed by atoms with E-state index in [4.69, 9.17) is 10.5 Å². The van der Waals surface area contributed by atoms with Gasteiger partial charge in [-0.1, -0.05) is 13.8 Å². The van der Waals surface area contributed by atoms with E-state index < -0.39 is 0 Å². The van der Waals surface area contributed by atoms with E-state index in [0.717, 1.165) is 19.6 Å². The highest BCUT2D eigenvalue weighted by Crippen LogP contribution is 2.23. The lowest BCUT2D eigenvalue weighted by Crippen LogP contribution is -2.10. The summed E-state index contributed by atoms with van der Waals surface area (Å²) in [4.78, 5) is 0. The van der Waals surface area contributed by atoms with Crippen molar-refractivity contribution in [3.63, 3.8) is 0 Å². The Bertz CT molecular complexity index is 385. The summed E-state index contributed by atoms with van der Waals surface area (Å²) < 4.78 is 19.3. The lowest BCUT2D eigenvalue weighted by Gasteiger charge is -2.11. The minimum absolute atomic E-state index is 0.247. The predicted molar refractivity (Wildman–Crippen MR) is 82.3 cm³/mol. The van der Waals surface area contributed by atoms with Gasteiger partial charge in [-0.2, -0.15) is 0 Å². The molecule has 0 heterocycles. The number of halogens is 2. The van der Waals surface area contributed by atoms with E-state index in [1.807, 2.05) is 22.6 Å². The monoisotopic (exact) mass is 366 g/mol. The number of nitrogens with one attached hydrogen (secondary N) is 1. The van der Waals surface area contributed by atoms with Gasteiger partial charge in [-0.3, -0.25) is 0 Å².